The molecule has 0 fully saturated rings. The van der Waals surface area contributed by atoms with E-state index in [9.17, 15) is 0 Å². The van der Waals surface area contributed by atoms with E-state index in [4.69, 9.17) is 0 Å². The molecule has 6 heavy (non-hydrogen) atoms. The average Bonchev–Trinajstić information content (AvgIpc) is 1.46. The van der Waals surface area contributed by atoms with Crippen molar-refractivity contribution in [3.63, 3.8) is 0 Å². The molecule has 0 amide bonds. The number of hydrogen-bond acceptors (Lipinski definition) is 0. The molecule has 0 aliphatic carbocycles. The second-order valence-corrected chi connectivity index (χ2v) is 0.204. The maximum Gasteiger partial charge on any atom is 2.00 e. The Morgan fingerprint density at radius 3 is 1.67 bits per heavy atom. The van der Waals surface area contributed by atoms with Crippen LogP contribution < -0.4 is 0 Å². The van der Waals surface area contributed by atoms with Gasteiger partial charge < -0.3 is 12.7 Å². The molecule has 0 saturated heterocycles. The summed E-state index contributed by atoms with van der Waals surface area (Å²) < 4.78 is 0. The fraction of sp³-hybridized carbons (Fsp3) is 0.200. The third-order valence-electron chi connectivity index (χ3n) is 0. The molecule has 0 aliphatic rings. The molecule has 0 radical (unpaired) electrons. The normalized spacial score (nSPS) is 2.33. The van der Waals surface area contributed by atoms with Crippen molar-refractivity contribution in [2.45, 2.75) is 6.92 Å². The van der Waals surface area contributed by atoms with Crippen molar-refractivity contribution < 1.29 is 19.5 Å². The van der Waals surface area contributed by atoms with Gasteiger partial charge in [0.2, 0.25) is 0 Å². The van der Waals surface area contributed by atoms with Crippen molar-refractivity contribution in [3.05, 3.63) is 25.8 Å². The van der Waals surface area contributed by atoms with Gasteiger partial charge in [0.05, 0.1) is 0 Å². The fourth-order valence-electron chi connectivity index (χ4n) is 0. The van der Waals surface area contributed by atoms with E-state index in [2.05, 4.69) is 20.1 Å². The molecule has 0 atom stereocenters. The zero-order chi connectivity index (χ0) is 4.71. The Morgan fingerprint density at radius 2 is 1.67 bits per heavy atom. The molecule has 0 spiro atoms. The van der Waals surface area contributed by atoms with Gasteiger partial charge in [0.1, 0.15) is 0 Å². The van der Waals surface area contributed by atoms with Gasteiger partial charge in [0, 0.05) is 0 Å². The van der Waals surface area contributed by atoms with Crippen LogP contribution in [0.1, 0.15) is 6.92 Å². The first-order chi connectivity index (χ1) is 2.41. The molecule has 0 aliphatic heterocycles. The molecular weight excluding hydrogens is 125 g/mol. The maximum atomic E-state index is 4.49. The van der Waals surface area contributed by atoms with E-state index < -0.39 is 0 Å². The minimum atomic E-state index is 0. The topological polar surface area (TPSA) is 0 Å². The van der Waals surface area contributed by atoms with Gasteiger partial charge >= 0.3 is 19.5 Å². The molecule has 1 heteroatoms. The summed E-state index contributed by atoms with van der Waals surface area (Å²) in [6.45, 7) is 12.5. The fourth-order valence-corrected chi connectivity index (χ4v) is 0. The summed E-state index contributed by atoms with van der Waals surface area (Å²) >= 11 is 0. The summed E-state index contributed by atoms with van der Waals surface area (Å²) in [6.07, 6.45) is 0. The average molecular weight is 134 g/mol. The van der Waals surface area contributed by atoms with Gasteiger partial charge in [-0.15, -0.1) is 0 Å². The van der Waals surface area contributed by atoms with Gasteiger partial charge in [-0.3, -0.25) is 0 Å². The van der Waals surface area contributed by atoms with E-state index >= 15 is 0 Å². The summed E-state index contributed by atoms with van der Waals surface area (Å²) in [6, 6.07) is 0. The van der Waals surface area contributed by atoms with Gasteiger partial charge in [-0.1, -0.05) is 0 Å². The van der Waals surface area contributed by atoms with Crippen molar-refractivity contribution >= 4 is 0 Å². The Morgan fingerprint density at radius 1 is 1.67 bits per heavy atom. The molecule has 0 N–H and O–H groups in total. The standard InChI is InChI=1S/C3H3.C2H5.Zn/c1-3-2;1-2;/h1H,2H2;1H2,2H3;/q2*-1;+2. The van der Waals surface area contributed by atoms with Crippen LogP contribution in [0.15, 0.2) is 12.3 Å². The monoisotopic (exact) mass is 132 g/mol. The molecule has 0 aromatic heterocycles. The van der Waals surface area contributed by atoms with Crippen LogP contribution in [0, 0.1) is 13.5 Å². The van der Waals surface area contributed by atoms with Crippen molar-refractivity contribution in [1.82, 2.24) is 0 Å². The SMILES string of the molecule is [CH-]=C=C.[CH2-]C.[Zn+2]. The molecule has 0 bridgehead atoms. The third kappa shape index (κ3) is 1990. The minimum absolute atomic E-state index is 0. The first-order valence-corrected chi connectivity index (χ1v) is 1.35. The zero-order valence-electron chi connectivity index (χ0n) is 4.20. The van der Waals surface area contributed by atoms with Crippen molar-refractivity contribution in [2.75, 3.05) is 0 Å². The van der Waals surface area contributed by atoms with Gasteiger partial charge in [-0.2, -0.15) is 6.92 Å². The first-order valence-electron chi connectivity index (χ1n) is 1.35. The van der Waals surface area contributed by atoms with Crippen LogP contribution in [0.25, 0.3) is 0 Å². The van der Waals surface area contributed by atoms with E-state index in [0.29, 0.717) is 0 Å². The van der Waals surface area contributed by atoms with Gasteiger partial charge in [0.15, 0.2) is 0 Å². The van der Waals surface area contributed by atoms with E-state index in [1.165, 1.54) is 0 Å². The molecule has 0 aromatic rings. The van der Waals surface area contributed by atoms with Crippen molar-refractivity contribution in [1.29, 1.82) is 0 Å². The molecule has 0 aromatic carbocycles. The van der Waals surface area contributed by atoms with Gasteiger partial charge in [-0.05, 0) is 0 Å². The third-order valence-corrected chi connectivity index (χ3v) is 0. The van der Waals surface area contributed by atoms with Gasteiger partial charge in [-0.25, -0.2) is 13.2 Å². The Kier molecular flexibility index (Phi) is 185. The smallest absolute Gasteiger partial charge is 0.346 e. The molecule has 0 heterocycles. The van der Waals surface area contributed by atoms with Crippen LogP contribution in [0.5, 0.6) is 0 Å². The van der Waals surface area contributed by atoms with E-state index in [1.807, 2.05) is 5.73 Å². The Labute approximate surface area is 52.7 Å². The summed E-state index contributed by atoms with van der Waals surface area (Å²) in [7, 11) is 0. The van der Waals surface area contributed by atoms with Crippen LogP contribution in [-0.4, -0.2) is 0 Å². The van der Waals surface area contributed by atoms with Crippen LogP contribution in [0.4, 0.5) is 0 Å². The second-order valence-electron chi connectivity index (χ2n) is 0.204. The number of hydrogen-bond donors (Lipinski definition) is 0. The van der Waals surface area contributed by atoms with Crippen LogP contribution in [0.2, 0.25) is 0 Å². The summed E-state index contributed by atoms with van der Waals surface area (Å²) in [4.78, 5) is 0. The quantitative estimate of drug-likeness (QED) is 0.268. The van der Waals surface area contributed by atoms with Crippen molar-refractivity contribution in [3.8, 4) is 0 Å². The molecule has 0 rings (SSSR count). The minimum Gasteiger partial charge on any atom is -0.346 e. The molecule has 0 unspecified atom stereocenters. The maximum absolute atomic E-state index is 4.49. The second kappa shape index (κ2) is 67.5. The molecule has 0 nitrogen and oxygen atoms in total. The van der Waals surface area contributed by atoms with Crippen LogP contribution in [0.3, 0.4) is 0 Å². The summed E-state index contributed by atoms with van der Waals surface area (Å²) in [5.74, 6) is 0. The largest absolute Gasteiger partial charge is 2.00 e. The molecule has 30 valence electrons. The summed E-state index contributed by atoms with van der Waals surface area (Å²) in [5.41, 5.74) is 2.00. The van der Waals surface area contributed by atoms with Crippen LogP contribution >= 0.6 is 0 Å². The first kappa shape index (κ1) is 16.4. The zero-order valence-corrected chi connectivity index (χ0v) is 7.17. The van der Waals surface area contributed by atoms with Crippen LogP contribution in [-0.2, 0) is 19.5 Å². The molecular formula is C5H8Zn. The van der Waals surface area contributed by atoms with Crippen molar-refractivity contribution in [2.24, 2.45) is 0 Å². The Bertz CT molecular complexity index is 24.9. The number of rotatable bonds is 0. The predicted molar refractivity (Wildman–Crippen MR) is 24.5 cm³/mol. The van der Waals surface area contributed by atoms with Gasteiger partial charge in [0.25, 0.3) is 0 Å². The molecule has 0 saturated carbocycles. The Hall–Kier alpha value is 0.143. The van der Waals surface area contributed by atoms with E-state index in [1.54, 1.807) is 6.92 Å². The summed E-state index contributed by atoms with van der Waals surface area (Å²) in [5, 5.41) is 0. The predicted octanol–water partition coefficient (Wildman–Crippen LogP) is 1.60. The van der Waals surface area contributed by atoms with E-state index in [-0.39, 0.29) is 19.5 Å². The van der Waals surface area contributed by atoms with E-state index in [0.717, 1.165) is 0 Å². The Balaban J connectivity index is -0.0000000275.